The van der Waals surface area contributed by atoms with Crippen molar-refractivity contribution in [2.75, 3.05) is 13.7 Å². The number of hydrogen-bond donors (Lipinski definition) is 1. The molecule has 0 saturated carbocycles. The lowest BCUT2D eigenvalue weighted by Gasteiger charge is -2.36. The normalized spacial score (nSPS) is 35.4. The Labute approximate surface area is 95.9 Å². The summed E-state index contributed by atoms with van der Waals surface area (Å²) in [6.45, 7) is 2.08. The first-order chi connectivity index (χ1) is 6.93. The van der Waals surface area contributed by atoms with Crippen molar-refractivity contribution in [1.82, 2.24) is 0 Å². The van der Waals surface area contributed by atoms with Crippen molar-refractivity contribution in [1.29, 1.82) is 0 Å². The Hall–Kier alpha value is -0.460. The second-order valence-corrected chi connectivity index (χ2v) is 4.70. The van der Waals surface area contributed by atoms with Crippen molar-refractivity contribution < 1.29 is 24.2 Å². The van der Waals surface area contributed by atoms with E-state index in [0.29, 0.717) is 19.4 Å². The van der Waals surface area contributed by atoms with E-state index in [2.05, 4.69) is 15.9 Å². The SMILES string of the molecule is CCC1(OC)OCCC1(Br)C(=O)C(=O)O. The maximum absolute atomic E-state index is 11.6. The van der Waals surface area contributed by atoms with Gasteiger partial charge in [-0.1, -0.05) is 22.9 Å². The van der Waals surface area contributed by atoms with Gasteiger partial charge in [0.15, 0.2) is 10.1 Å². The molecule has 1 aliphatic rings. The summed E-state index contributed by atoms with van der Waals surface area (Å²) in [5.41, 5.74) is 0. The smallest absolute Gasteiger partial charge is 0.373 e. The maximum atomic E-state index is 11.6. The highest BCUT2D eigenvalue weighted by molar-refractivity contribution is 9.10. The van der Waals surface area contributed by atoms with Crippen LogP contribution in [0, 0.1) is 0 Å². The highest BCUT2D eigenvalue weighted by atomic mass is 79.9. The van der Waals surface area contributed by atoms with Gasteiger partial charge < -0.3 is 14.6 Å². The van der Waals surface area contributed by atoms with Gasteiger partial charge in [-0.3, -0.25) is 4.79 Å². The topological polar surface area (TPSA) is 72.8 Å². The molecule has 0 radical (unpaired) electrons. The first-order valence-electron chi connectivity index (χ1n) is 4.59. The monoisotopic (exact) mass is 280 g/mol. The Morgan fingerprint density at radius 3 is 2.60 bits per heavy atom. The molecule has 15 heavy (non-hydrogen) atoms. The van der Waals surface area contributed by atoms with Crippen LogP contribution in [-0.4, -0.2) is 40.7 Å². The van der Waals surface area contributed by atoms with Crippen LogP contribution in [0.2, 0.25) is 0 Å². The molecule has 0 bridgehead atoms. The molecule has 1 fully saturated rings. The fourth-order valence-corrected chi connectivity index (χ4v) is 2.75. The molecule has 0 aromatic carbocycles. The lowest BCUT2D eigenvalue weighted by atomic mass is 9.91. The van der Waals surface area contributed by atoms with Crippen molar-refractivity contribution >= 4 is 27.7 Å². The van der Waals surface area contributed by atoms with Crippen LogP contribution in [0.5, 0.6) is 0 Å². The number of rotatable bonds is 4. The van der Waals surface area contributed by atoms with Gasteiger partial charge in [-0.15, -0.1) is 0 Å². The lowest BCUT2D eigenvalue weighted by Crippen LogP contribution is -2.55. The van der Waals surface area contributed by atoms with E-state index in [-0.39, 0.29) is 0 Å². The van der Waals surface area contributed by atoms with Gasteiger partial charge in [-0.05, 0) is 6.42 Å². The molecule has 2 unspecified atom stereocenters. The van der Waals surface area contributed by atoms with Crippen LogP contribution in [0.4, 0.5) is 0 Å². The van der Waals surface area contributed by atoms with Crippen LogP contribution in [-0.2, 0) is 19.1 Å². The zero-order valence-corrected chi connectivity index (χ0v) is 10.2. The largest absolute Gasteiger partial charge is 0.475 e. The number of carboxylic acids is 1. The lowest BCUT2D eigenvalue weighted by molar-refractivity contribution is -0.207. The summed E-state index contributed by atoms with van der Waals surface area (Å²) in [7, 11) is 1.40. The van der Waals surface area contributed by atoms with E-state index in [0.717, 1.165) is 0 Å². The molecule has 0 aromatic heterocycles. The number of ether oxygens (including phenoxy) is 2. The minimum atomic E-state index is -1.48. The third-order valence-corrected chi connectivity index (χ3v) is 4.10. The van der Waals surface area contributed by atoms with E-state index in [1.54, 1.807) is 6.92 Å². The van der Waals surface area contributed by atoms with Crippen molar-refractivity contribution in [2.24, 2.45) is 0 Å². The predicted octanol–water partition coefficient (Wildman–Crippen LogP) is 0.947. The Bertz CT molecular complexity index is 286. The van der Waals surface area contributed by atoms with Gasteiger partial charge in [0.25, 0.3) is 5.78 Å². The minimum absolute atomic E-state index is 0.291. The predicted molar refractivity (Wildman–Crippen MR) is 54.9 cm³/mol. The van der Waals surface area contributed by atoms with E-state index in [1.165, 1.54) is 7.11 Å². The molecular formula is C9H13BrO5. The summed E-state index contributed by atoms with van der Waals surface area (Å²) in [5.74, 6) is -3.58. The molecule has 2 atom stereocenters. The van der Waals surface area contributed by atoms with Crippen LogP contribution in [0.15, 0.2) is 0 Å². The fourth-order valence-electron chi connectivity index (χ4n) is 1.86. The van der Waals surface area contributed by atoms with E-state index in [1.807, 2.05) is 0 Å². The third-order valence-electron chi connectivity index (χ3n) is 2.73. The molecule has 1 heterocycles. The zero-order valence-electron chi connectivity index (χ0n) is 8.58. The molecular weight excluding hydrogens is 268 g/mol. The van der Waals surface area contributed by atoms with Gasteiger partial charge in [0.2, 0.25) is 0 Å². The summed E-state index contributed by atoms with van der Waals surface area (Å²) >= 11 is 3.18. The zero-order chi connectivity index (χ0) is 11.7. The summed E-state index contributed by atoms with van der Waals surface area (Å²) in [6, 6.07) is 0. The van der Waals surface area contributed by atoms with Crippen LogP contribution >= 0.6 is 15.9 Å². The van der Waals surface area contributed by atoms with E-state index in [4.69, 9.17) is 14.6 Å². The molecule has 5 nitrogen and oxygen atoms in total. The number of carboxylic acid groups (broad SMARTS) is 1. The number of Topliss-reactive ketones (excluding diaryl/α,β-unsaturated/α-hetero) is 1. The molecule has 0 aliphatic carbocycles. The van der Waals surface area contributed by atoms with E-state index < -0.39 is 21.9 Å². The number of methoxy groups -OCH3 is 1. The average molecular weight is 281 g/mol. The van der Waals surface area contributed by atoms with Gasteiger partial charge in [-0.25, -0.2) is 4.79 Å². The molecule has 0 aromatic rings. The highest BCUT2D eigenvalue weighted by Crippen LogP contribution is 2.46. The van der Waals surface area contributed by atoms with Crippen molar-refractivity contribution in [3.05, 3.63) is 0 Å². The van der Waals surface area contributed by atoms with Crippen molar-refractivity contribution in [3.63, 3.8) is 0 Å². The fraction of sp³-hybridized carbons (Fsp3) is 0.778. The summed E-state index contributed by atoms with van der Waals surface area (Å²) in [5, 5.41) is 8.74. The maximum Gasteiger partial charge on any atom is 0.373 e. The van der Waals surface area contributed by atoms with E-state index >= 15 is 0 Å². The summed E-state index contributed by atoms with van der Waals surface area (Å²) < 4.78 is 9.27. The first-order valence-corrected chi connectivity index (χ1v) is 5.38. The van der Waals surface area contributed by atoms with Crippen LogP contribution < -0.4 is 0 Å². The van der Waals surface area contributed by atoms with Gasteiger partial charge >= 0.3 is 5.97 Å². The van der Waals surface area contributed by atoms with Gasteiger partial charge in [0.1, 0.15) is 0 Å². The van der Waals surface area contributed by atoms with Gasteiger partial charge in [0, 0.05) is 13.5 Å². The van der Waals surface area contributed by atoms with Gasteiger partial charge in [0.05, 0.1) is 6.61 Å². The summed E-state index contributed by atoms with van der Waals surface area (Å²) in [6.07, 6.45) is 0.688. The second-order valence-electron chi connectivity index (χ2n) is 3.34. The molecule has 0 amide bonds. The number of aliphatic carboxylic acids is 1. The van der Waals surface area contributed by atoms with Gasteiger partial charge in [-0.2, -0.15) is 0 Å². The van der Waals surface area contributed by atoms with E-state index in [9.17, 15) is 9.59 Å². The third kappa shape index (κ3) is 1.70. The standard InChI is InChI=1S/C9H13BrO5/c1-3-9(14-2)8(10,4-5-15-9)6(11)7(12)13/h3-5H2,1-2H3,(H,12,13). The average Bonchev–Trinajstić information content (AvgIpc) is 2.56. The van der Waals surface area contributed by atoms with Crippen LogP contribution in [0.1, 0.15) is 19.8 Å². The number of carbonyl (C=O) groups excluding carboxylic acids is 1. The molecule has 86 valence electrons. The number of halogens is 1. The first kappa shape index (κ1) is 12.6. The Morgan fingerprint density at radius 1 is 1.60 bits per heavy atom. The number of ketones is 1. The highest BCUT2D eigenvalue weighted by Gasteiger charge is 2.61. The van der Waals surface area contributed by atoms with Crippen molar-refractivity contribution in [3.8, 4) is 0 Å². The molecule has 1 N–H and O–H groups in total. The van der Waals surface area contributed by atoms with Crippen molar-refractivity contribution in [2.45, 2.75) is 29.9 Å². The number of hydrogen-bond acceptors (Lipinski definition) is 4. The van der Waals surface area contributed by atoms with Crippen LogP contribution in [0.25, 0.3) is 0 Å². The Morgan fingerprint density at radius 2 is 2.20 bits per heavy atom. The minimum Gasteiger partial charge on any atom is -0.475 e. The molecule has 1 aliphatic heterocycles. The second kappa shape index (κ2) is 4.19. The molecule has 1 rings (SSSR count). The number of alkyl halides is 1. The Balaban J connectivity index is 3.10. The molecule has 6 heteroatoms. The quantitative estimate of drug-likeness (QED) is 0.613. The van der Waals surface area contributed by atoms with Crippen LogP contribution in [0.3, 0.4) is 0 Å². The molecule has 1 saturated heterocycles. The molecule has 0 spiro atoms. The number of carbonyl (C=O) groups is 2. The summed E-state index contributed by atoms with van der Waals surface area (Å²) in [4.78, 5) is 22.3. The Kier molecular flexibility index (Phi) is 3.52.